The van der Waals surface area contributed by atoms with Crippen molar-refractivity contribution in [3.05, 3.63) is 142 Å². The van der Waals surface area contributed by atoms with E-state index in [1.54, 1.807) is 6.07 Å². The number of nitrogens with zero attached hydrogens (tertiary/aromatic N) is 3. The van der Waals surface area contributed by atoms with E-state index in [0.717, 1.165) is 39.7 Å². The van der Waals surface area contributed by atoms with Crippen LogP contribution in [0.2, 0.25) is 0 Å². The van der Waals surface area contributed by atoms with E-state index in [9.17, 15) is 5.26 Å². The predicted molar refractivity (Wildman–Crippen MR) is 166 cm³/mol. The molecule has 0 N–H and O–H groups in total. The Hall–Kier alpha value is -5.12. The molecule has 40 heavy (non-hydrogen) atoms. The minimum Gasteiger partial charge on any atom is -0.310 e. The van der Waals surface area contributed by atoms with Crippen LogP contribution >= 0.6 is 0 Å². The quantitative estimate of drug-likeness (QED) is 0.172. The van der Waals surface area contributed by atoms with Gasteiger partial charge in [0.25, 0.3) is 0 Å². The molecule has 0 atom stereocenters. The molecule has 3 heteroatoms. The van der Waals surface area contributed by atoms with Crippen molar-refractivity contribution in [3.63, 3.8) is 0 Å². The molecule has 1 aliphatic rings. The molecule has 5 aromatic carbocycles. The first-order valence-corrected chi connectivity index (χ1v) is 13.7. The maximum absolute atomic E-state index is 9.45. The van der Waals surface area contributed by atoms with Gasteiger partial charge in [-0.25, -0.2) is 4.85 Å². The smallest absolute Gasteiger partial charge is 0.202 e. The van der Waals surface area contributed by atoms with Crippen LogP contribution in [0.25, 0.3) is 27.8 Å². The van der Waals surface area contributed by atoms with Crippen molar-refractivity contribution in [2.75, 3.05) is 4.90 Å². The minimum atomic E-state index is 0.570. The lowest BCUT2D eigenvalue weighted by molar-refractivity contribution is 0.685. The van der Waals surface area contributed by atoms with Crippen molar-refractivity contribution < 1.29 is 0 Å². The summed E-state index contributed by atoms with van der Waals surface area (Å²) in [6, 6.07) is 35.8. The van der Waals surface area contributed by atoms with Gasteiger partial charge in [-0.15, -0.1) is 0 Å². The van der Waals surface area contributed by atoms with Gasteiger partial charge in [-0.1, -0.05) is 72.3 Å². The van der Waals surface area contributed by atoms with Gasteiger partial charge in [0.15, 0.2) is 0 Å². The van der Waals surface area contributed by atoms with Gasteiger partial charge >= 0.3 is 0 Å². The highest BCUT2D eigenvalue weighted by Crippen LogP contribution is 2.37. The number of fused-ring (bicyclic) bond motifs is 2. The highest BCUT2D eigenvalue weighted by atomic mass is 15.1. The molecule has 0 unspecified atom stereocenters. The summed E-state index contributed by atoms with van der Waals surface area (Å²) in [6.07, 6.45) is 8.89. The van der Waals surface area contributed by atoms with Gasteiger partial charge in [-0.05, 0) is 108 Å². The lowest BCUT2D eigenvalue weighted by atomic mass is 9.91. The Bertz CT molecular complexity index is 1810. The van der Waals surface area contributed by atoms with Crippen LogP contribution in [0.5, 0.6) is 0 Å². The lowest BCUT2D eigenvalue weighted by Gasteiger charge is -2.27. The first-order chi connectivity index (χ1) is 19.6. The Kier molecular flexibility index (Phi) is 6.88. The summed E-state index contributed by atoms with van der Waals surface area (Å²) in [5, 5.41) is 11.1. The second-order valence-corrected chi connectivity index (χ2v) is 10.4. The molecule has 0 saturated heterocycles. The third-order valence-electron chi connectivity index (χ3n) is 7.79. The fourth-order valence-electron chi connectivity index (χ4n) is 5.64. The van der Waals surface area contributed by atoms with E-state index >= 15 is 0 Å². The van der Waals surface area contributed by atoms with Crippen LogP contribution in [0.3, 0.4) is 0 Å². The van der Waals surface area contributed by atoms with E-state index in [0.29, 0.717) is 11.3 Å². The number of rotatable bonds is 5. The zero-order chi connectivity index (χ0) is 27.5. The monoisotopic (exact) mass is 515 g/mol. The van der Waals surface area contributed by atoms with Crippen molar-refractivity contribution in [1.29, 1.82) is 5.26 Å². The molecule has 0 spiro atoms. The number of hydrogen-bond acceptors (Lipinski definition) is 2. The summed E-state index contributed by atoms with van der Waals surface area (Å²) in [4.78, 5) is 6.14. The Morgan fingerprint density at radius 1 is 0.750 bits per heavy atom. The van der Waals surface area contributed by atoms with Crippen molar-refractivity contribution in [2.24, 2.45) is 0 Å². The Balaban J connectivity index is 1.34. The van der Waals surface area contributed by atoms with E-state index in [-0.39, 0.29) is 0 Å². The lowest BCUT2D eigenvalue weighted by Crippen LogP contribution is -2.12. The SMILES string of the molecule is [C-]#[N+]c1c(C=Cc2ccc(N(c3ccc(C)cc3)c3ccc4c(c3)CCCC4)cc2)ccc2c(C#N)cccc12. The second kappa shape index (κ2) is 10.9. The third-order valence-corrected chi connectivity index (χ3v) is 7.79. The van der Waals surface area contributed by atoms with Crippen molar-refractivity contribution in [3.8, 4) is 6.07 Å². The maximum atomic E-state index is 9.45. The number of anilines is 3. The van der Waals surface area contributed by atoms with E-state index < -0.39 is 0 Å². The molecule has 1 aliphatic carbocycles. The Labute approximate surface area is 236 Å². The van der Waals surface area contributed by atoms with Gasteiger partial charge < -0.3 is 4.90 Å². The molecule has 0 saturated carbocycles. The summed E-state index contributed by atoms with van der Waals surface area (Å²) in [6.45, 7) is 9.91. The van der Waals surface area contributed by atoms with Crippen LogP contribution in [0, 0.1) is 24.8 Å². The van der Waals surface area contributed by atoms with Crippen molar-refractivity contribution >= 4 is 45.7 Å². The van der Waals surface area contributed by atoms with Crippen LogP contribution in [-0.2, 0) is 12.8 Å². The van der Waals surface area contributed by atoms with Gasteiger partial charge in [0.05, 0.1) is 18.2 Å². The Morgan fingerprint density at radius 2 is 1.45 bits per heavy atom. The van der Waals surface area contributed by atoms with Crippen LogP contribution in [0.15, 0.2) is 97.1 Å². The predicted octanol–water partition coefficient (Wildman–Crippen LogP) is 10.1. The molecule has 0 radical (unpaired) electrons. The molecule has 192 valence electrons. The average molecular weight is 516 g/mol. The minimum absolute atomic E-state index is 0.570. The highest BCUT2D eigenvalue weighted by molar-refractivity contribution is 6.01. The summed E-state index contributed by atoms with van der Waals surface area (Å²) < 4.78 is 0. The molecule has 0 aliphatic heterocycles. The number of nitriles is 1. The Morgan fingerprint density at radius 3 is 2.17 bits per heavy atom. The molecule has 0 fully saturated rings. The van der Waals surface area contributed by atoms with Crippen LogP contribution in [-0.4, -0.2) is 0 Å². The highest BCUT2D eigenvalue weighted by Gasteiger charge is 2.16. The van der Waals surface area contributed by atoms with E-state index in [2.05, 4.69) is 89.5 Å². The zero-order valence-corrected chi connectivity index (χ0v) is 22.6. The van der Waals surface area contributed by atoms with Crippen molar-refractivity contribution in [2.45, 2.75) is 32.6 Å². The molecule has 5 aromatic rings. The second-order valence-electron chi connectivity index (χ2n) is 10.4. The standard InChI is InChI=1S/C37H29N3/c1-26-10-18-32(19-11-26)40(34-22-16-28-6-3-4-7-30(28)24-34)33-20-13-27(14-21-33)12-15-29-17-23-35-31(25-38)8-5-9-36(35)37(29)39-2/h5,8-24H,3-4,6-7H2,1H3. The van der Waals surface area contributed by atoms with Gasteiger partial charge in [-0.2, -0.15) is 5.26 Å². The first-order valence-electron chi connectivity index (χ1n) is 13.7. The van der Waals surface area contributed by atoms with Gasteiger partial charge in [0.1, 0.15) is 0 Å². The molecular formula is C37H29N3. The van der Waals surface area contributed by atoms with E-state index in [4.69, 9.17) is 6.57 Å². The van der Waals surface area contributed by atoms with Gasteiger partial charge in [0, 0.05) is 17.1 Å². The normalized spacial score (nSPS) is 12.6. The van der Waals surface area contributed by atoms with Crippen LogP contribution in [0.4, 0.5) is 22.7 Å². The number of benzene rings is 5. The third kappa shape index (κ3) is 4.86. The fraction of sp³-hybridized carbons (Fsp3) is 0.135. The zero-order valence-electron chi connectivity index (χ0n) is 22.6. The molecule has 0 aromatic heterocycles. The summed E-state index contributed by atoms with van der Waals surface area (Å²) >= 11 is 0. The average Bonchev–Trinajstić information content (AvgIpc) is 3.01. The van der Waals surface area contributed by atoms with E-state index in [1.165, 1.54) is 41.6 Å². The van der Waals surface area contributed by atoms with Crippen LogP contribution in [0.1, 0.15) is 46.2 Å². The molecule has 0 amide bonds. The molecule has 0 bridgehead atoms. The first kappa shape index (κ1) is 25.2. The summed E-state index contributed by atoms with van der Waals surface area (Å²) in [7, 11) is 0. The number of hydrogen-bond donors (Lipinski definition) is 0. The van der Waals surface area contributed by atoms with E-state index in [1.807, 2.05) is 36.4 Å². The number of aryl methyl sites for hydroxylation is 3. The molecular weight excluding hydrogens is 486 g/mol. The summed E-state index contributed by atoms with van der Waals surface area (Å²) in [5.41, 5.74) is 10.7. The van der Waals surface area contributed by atoms with Crippen molar-refractivity contribution in [1.82, 2.24) is 0 Å². The molecule has 3 nitrogen and oxygen atoms in total. The summed E-state index contributed by atoms with van der Waals surface area (Å²) in [5.74, 6) is 0. The largest absolute Gasteiger partial charge is 0.310 e. The van der Waals surface area contributed by atoms with Gasteiger partial charge in [0.2, 0.25) is 5.69 Å². The molecule has 6 rings (SSSR count). The fourth-order valence-corrected chi connectivity index (χ4v) is 5.64. The molecule has 0 heterocycles. The van der Waals surface area contributed by atoms with Crippen LogP contribution < -0.4 is 4.90 Å². The van der Waals surface area contributed by atoms with Gasteiger partial charge in [-0.3, -0.25) is 0 Å². The maximum Gasteiger partial charge on any atom is 0.202 e. The topological polar surface area (TPSA) is 31.4 Å².